The minimum atomic E-state index is 1.02. The molecule has 0 aliphatic rings. The lowest BCUT2D eigenvalue weighted by molar-refractivity contribution is 1.46. The van der Waals surface area contributed by atoms with E-state index >= 15 is 0 Å². The third kappa shape index (κ3) is 1.94. The summed E-state index contributed by atoms with van der Waals surface area (Å²) in [5.41, 5.74) is 2.40. The second-order valence-corrected chi connectivity index (χ2v) is 4.56. The Hall–Kier alpha value is -1.73. The first kappa shape index (κ1) is 10.4. The van der Waals surface area contributed by atoms with Crippen molar-refractivity contribution in [3.05, 3.63) is 66.7 Å². The van der Waals surface area contributed by atoms with Gasteiger partial charge in [0.15, 0.2) is 0 Å². The van der Waals surface area contributed by atoms with Crippen molar-refractivity contribution in [2.75, 3.05) is 0 Å². The average Bonchev–Trinajstić information content (AvgIpc) is 2.39. The van der Waals surface area contributed by atoms with Crippen molar-refractivity contribution in [3.8, 4) is 11.1 Å². The van der Waals surface area contributed by atoms with Gasteiger partial charge in [0.2, 0.25) is 0 Å². The first-order valence-electron chi connectivity index (χ1n) is 5.62. The summed E-state index contributed by atoms with van der Waals surface area (Å²) in [4.78, 5) is 1.02. The zero-order chi connectivity index (χ0) is 11.7. The van der Waals surface area contributed by atoms with Crippen molar-refractivity contribution in [1.82, 2.24) is 0 Å². The number of rotatable bonds is 1. The molecule has 0 saturated heterocycles. The van der Waals surface area contributed by atoms with Crippen molar-refractivity contribution in [3.63, 3.8) is 0 Å². The molecule has 0 aromatic heterocycles. The van der Waals surface area contributed by atoms with Gasteiger partial charge in [0.25, 0.3) is 0 Å². The molecular weight excluding hydrogens is 224 g/mol. The van der Waals surface area contributed by atoms with Crippen molar-refractivity contribution in [2.24, 2.45) is 0 Å². The number of thiol groups is 1. The summed E-state index contributed by atoms with van der Waals surface area (Å²) in [7, 11) is 0. The van der Waals surface area contributed by atoms with Gasteiger partial charge in [-0.25, -0.2) is 0 Å². The zero-order valence-corrected chi connectivity index (χ0v) is 10.2. The minimum Gasteiger partial charge on any atom is -0.143 e. The highest BCUT2D eigenvalue weighted by molar-refractivity contribution is 7.80. The van der Waals surface area contributed by atoms with Gasteiger partial charge in [-0.05, 0) is 34.0 Å². The van der Waals surface area contributed by atoms with Gasteiger partial charge in [0.1, 0.15) is 0 Å². The lowest BCUT2D eigenvalue weighted by atomic mass is 10.0. The summed E-state index contributed by atoms with van der Waals surface area (Å²) < 4.78 is 0. The first-order chi connectivity index (χ1) is 8.34. The quantitative estimate of drug-likeness (QED) is 0.577. The van der Waals surface area contributed by atoms with E-state index in [4.69, 9.17) is 0 Å². The highest BCUT2D eigenvalue weighted by Crippen LogP contribution is 2.28. The van der Waals surface area contributed by atoms with E-state index in [0.717, 1.165) is 4.90 Å². The van der Waals surface area contributed by atoms with Crippen molar-refractivity contribution < 1.29 is 0 Å². The van der Waals surface area contributed by atoms with E-state index in [1.807, 2.05) is 18.2 Å². The number of fused-ring (bicyclic) bond motifs is 1. The average molecular weight is 236 g/mol. The van der Waals surface area contributed by atoms with Crippen LogP contribution in [0.15, 0.2) is 71.6 Å². The molecule has 3 rings (SSSR count). The van der Waals surface area contributed by atoms with Crippen LogP contribution in [0.1, 0.15) is 0 Å². The van der Waals surface area contributed by atoms with Crippen LogP contribution in [-0.4, -0.2) is 0 Å². The SMILES string of the molecule is Sc1ccccc1-c1ccc2ccccc2c1. The zero-order valence-electron chi connectivity index (χ0n) is 9.30. The molecule has 3 aromatic rings. The Morgan fingerprint density at radius 2 is 1.35 bits per heavy atom. The van der Waals surface area contributed by atoms with Gasteiger partial charge in [0.05, 0.1) is 0 Å². The molecule has 0 spiro atoms. The molecule has 0 aliphatic carbocycles. The van der Waals surface area contributed by atoms with E-state index in [0.29, 0.717) is 0 Å². The molecule has 0 aliphatic heterocycles. The van der Waals surface area contributed by atoms with Gasteiger partial charge in [-0.15, -0.1) is 12.6 Å². The molecule has 3 aromatic carbocycles. The molecule has 0 fully saturated rings. The predicted molar refractivity (Wildman–Crippen MR) is 76.6 cm³/mol. The van der Waals surface area contributed by atoms with Crippen molar-refractivity contribution in [1.29, 1.82) is 0 Å². The Morgan fingerprint density at radius 1 is 0.647 bits per heavy atom. The molecule has 0 bridgehead atoms. The number of hydrogen-bond acceptors (Lipinski definition) is 1. The highest BCUT2D eigenvalue weighted by Gasteiger charge is 2.02. The van der Waals surface area contributed by atoms with Crippen LogP contribution in [0.5, 0.6) is 0 Å². The van der Waals surface area contributed by atoms with Crippen LogP contribution in [-0.2, 0) is 0 Å². The summed E-state index contributed by atoms with van der Waals surface area (Å²) in [5, 5.41) is 2.54. The molecule has 82 valence electrons. The fourth-order valence-corrected chi connectivity index (χ4v) is 2.36. The molecular formula is C16H12S. The van der Waals surface area contributed by atoms with Crippen LogP contribution < -0.4 is 0 Å². The summed E-state index contributed by atoms with van der Waals surface area (Å²) in [6.45, 7) is 0. The summed E-state index contributed by atoms with van der Waals surface area (Å²) >= 11 is 4.50. The molecule has 1 heteroatoms. The van der Waals surface area contributed by atoms with E-state index in [1.165, 1.54) is 21.9 Å². The maximum absolute atomic E-state index is 4.50. The fourth-order valence-electron chi connectivity index (χ4n) is 2.07. The van der Waals surface area contributed by atoms with Crippen molar-refractivity contribution in [2.45, 2.75) is 4.90 Å². The minimum absolute atomic E-state index is 1.02. The van der Waals surface area contributed by atoms with Crippen LogP contribution in [0.25, 0.3) is 21.9 Å². The third-order valence-electron chi connectivity index (χ3n) is 2.96. The van der Waals surface area contributed by atoms with E-state index in [9.17, 15) is 0 Å². The van der Waals surface area contributed by atoms with Crippen LogP contribution in [0, 0.1) is 0 Å². The van der Waals surface area contributed by atoms with Crippen LogP contribution in [0.4, 0.5) is 0 Å². The fraction of sp³-hybridized carbons (Fsp3) is 0. The molecule has 17 heavy (non-hydrogen) atoms. The van der Waals surface area contributed by atoms with Gasteiger partial charge in [-0.3, -0.25) is 0 Å². The van der Waals surface area contributed by atoms with Crippen LogP contribution in [0.3, 0.4) is 0 Å². The molecule has 0 heterocycles. The summed E-state index contributed by atoms with van der Waals surface area (Å²) in [6, 6.07) is 23.1. The first-order valence-corrected chi connectivity index (χ1v) is 6.06. The second-order valence-electron chi connectivity index (χ2n) is 4.08. The summed E-state index contributed by atoms with van der Waals surface area (Å²) in [5.74, 6) is 0. The normalized spacial score (nSPS) is 10.6. The van der Waals surface area contributed by atoms with E-state index < -0.39 is 0 Å². The predicted octanol–water partition coefficient (Wildman–Crippen LogP) is 4.80. The molecule has 0 unspecified atom stereocenters. The monoisotopic (exact) mass is 236 g/mol. The largest absolute Gasteiger partial charge is 0.143 e. The molecule has 0 N–H and O–H groups in total. The smallest absolute Gasteiger partial charge is 0.0119 e. The van der Waals surface area contributed by atoms with Gasteiger partial charge < -0.3 is 0 Å². The van der Waals surface area contributed by atoms with Crippen molar-refractivity contribution >= 4 is 23.4 Å². The number of benzene rings is 3. The topological polar surface area (TPSA) is 0 Å². The lowest BCUT2D eigenvalue weighted by Crippen LogP contribution is -1.80. The van der Waals surface area contributed by atoms with Gasteiger partial charge in [-0.1, -0.05) is 54.6 Å². The Bertz CT molecular complexity index is 671. The maximum Gasteiger partial charge on any atom is 0.0119 e. The second kappa shape index (κ2) is 4.27. The molecule has 0 atom stereocenters. The Morgan fingerprint density at radius 3 is 2.18 bits per heavy atom. The Balaban J connectivity index is 2.22. The maximum atomic E-state index is 4.50. The van der Waals surface area contributed by atoms with Gasteiger partial charge >= 0.3 is 0 Å². The van der Waals surface area contributed by atoms with E-state index in [1.54, 1.807) is 0 Å². The Kier molecular flexibility index (Phi) is 2.62. The highest BCUT2D eigenvalue weighted by atomic mass is 32.1. The molecule has 0 radical (unpaired) electrons. The molecule has 0 nitrogen and oxygen atoms in total. The molecule has 0 amide bonds. The third-order valence-corrected chi connectivity index (χ3v) is 3.35. The standard InChI is InChI=1S/C16H12S/c17-16-8-4-3-7-15(16)14-10-9-12-5-1-2-6-13(12)11-14/h1-11,17H. The molecule has 0 saturated carbocycles. The van der Waals surface area contributed by atoms with Gasteiger partial charge in [-0.2, -0.15) is 0 Å². The van der Waals surface area contributed by atoms with Crippen LogP contribution >= 0.6 is 12.6 Å². The Labute approximate surface area is 106 Å². The lowest BCUT2D eigenvalue weighted by Gasteiger charge is -2.06. The number of hydrogen-bond donors (Lipinski definition) is 1. The van der Waals surface area contributed by atoms with Gasteiger partial charge in [0, 0.05) is 4.90 Å². The van der Waals surface area contributed by atoms with Crippen LogP contribution in [0.2, 0.25) is 0 Å². The van der Waals surface area contributed by atoms with E-state index in [-0.39, 0.29) is 0 Å². The summed E-state index contributed by atoms with van der Waals surface area (Å²) in [6.07, 6.45) is 0. The van der Waals surface area contributed by atoms with E-state index in [2.05, 4.69) is 61.2 Å².